The summed E-state index contributed by atoms with van der Waals surface area (Å²) in [7, 11) is 0. The number of hydrogen-bond acceptors (Lipinski definition) is 2. The lowest BCUT2D eigenvalue weighted by atomic mass is 9.74. The van der Waals surface area contributed by atoms with Crippen molar-refractivity contribution in [3.05, 3.63) is 18.0 Å². The quantitative estimate of drug-likeness (QED) is 0.796. The molecule has 1 fully saturated rings. The van der Waals surface area contributed by atoms with E-state index in [0.29, 0.717) is 11.3 Å². The van der Waals surface area contributed by atoms with Gasteiger partial charge in [0.05, 0.1) is 12.2 Å². The highest BCUT2D eigenvalue weighted by atomic mass is 32.1. The minimum Gasteiger partial charge on any atom is -0.269 e. The van der Waals surface area contributed by atoms with Crippen LogP contribution in [-0.2, 0) is 6.42 Å². The molecular weight excluding hydrogens is 216 g/mol. The van der Waals surface area contributed by atoms with Gasteiger partial charge in [-0.1, -0.05) is 20.8 Å². The Morgan fingerprint density at radius 3 is 2.69 bits per heavy atom. The van der Waals surface area contributed by atoms with Crippen LogP contribution in [0.3, 0.4) is 0 Å². The molecular formula is C13H22N2S. The predicted molar refractivity (Wildman–Crippen MR) is 71.0 cm³/mol. The Morgan fingerprint density at radius 1 is 1.44 bits per heavy atom. The highest BCUT2D eigenvalue weighted by molar-refractivity contribution is 7.80. The summed E-state index contributed by atoms with van der Waals surface area (Å²) >= 11 is 4.41. The van der Waals surface area contributed by atoms with Crippen LogP contribution >= 0.6 is 12.6 Å². The standard InChI is InChI=1S/C13H22N2S/c1-9(2)12-5-13(6-12)15-8-11(7-14-15)4-10(3)16/h7-10,12-13,16H,4-6H2,1-3H3. The first-order chi connectivity index (χ1) is 7.56. The second-order valence-corrected chi connectivity index (χ2v) is 6.39. The first-order valence-electron chi connectivity index (χ1n) is 6.27. The lowest BCUT2D eigenvalue weighted by molar-refractivity contribution is 0.137. The minimum absolute atomic E-state index is 0.419. The van der Waals surface area contributed by atoms with Crippen molar-refractivity contribution in [2.45, 2.75) is 51.3 Å². The van der Waals surface area contributed by atoms with Gasteiger partial charge in [-0.05, 0) is 36.7 Å². The maximum absolute atomic E-state index is 4.47. The average Bonchev–Trinajstić information content (AvgIpc) is 2.48. The molecule has 0 aliphatic heterocycles. The van der Waals surface area contributed by atoms with Gasteiger partial charge in [-0.15, -0.1) is 0 Å². The molecule has 1 aliphatic carbocycles. The van der Waals surface area contributed by atoms with E-state index in [1.165, 1.54) is 18.4 Å². The molecule has 2 nitrogen and oxygen atoms in total. The lowest BCUT2D eigenvalue weighted by Gasteiger charge is -2.38. The third-order valence-electron chi connectivity index (χ3n) is 3.65. The first-order valence-corrected chi connectivity index (χ1v) is 6.79. The van der Waals surface area contributed by atoms with Crippen LogP contribution in [0.5, 0.6) is 0 Å². The molecule has 0 spiro atoms. The van der Waals surface area contributed by atoms with Gasteiger partial charge in [0.2, 0.25) is 0 Å². The summed E-state index contributed by atoms with van der Waals surface area (Å²) in [6, 6.07) is 0.649. The predicted octanol–water partition coefficient (Wildman–Crippen LogP) is 3.35. The molecule has 1 atom stereocenters. The van der Waals surface area contributed by atoms with Crippen molar-refractivity contribution >= 4 is 12.6 Å². The monoisotopic (exact) mass is 238 g/mol. The fraction of sp³-hybridized carbons (Fsp3) is 0.769. The van der Waals surface area contributed by atoms with Crippen molar-refractivity contribution in [1.82, 2.24) is 9.78 Å². The van der Waals surface area contributed by atoms with Crippen molar-refractivity contribution in [3.8, 4) is 0 Å². The highest BCUT2D eigenvalue weighted by Crippen LogP contribution is 2.41. The molecule has 1 saturated carbocycles. The van der Waals surface area contributed by atoms with Gasteiger partial charge >= 0.3 is 0 Å². The van der Waals surface area contributed by atoms with Gasteiger partial charge in [-0.3, -0.25) is 4.68 Å². The zero-order valence-corrected chi connectivity index (χ0v) is 11.3. The van der Waals surface area contributed by atoms with Gasteiger partial charge in [-0.25, -0.2) is 0 Å². The largest absolute Gasteiger partial charge is 0.269 e. The lowest BCUT2D eigenvalue weighted by Crippen LogP contribution is -2.30. The number of rotatable bonds is 4. The van der Waals surface area contributed by atoms with E-state index in [0.717, 1.165) is 18.3 Å². The molecule has 0 radical (unpaired) electrons. The highest BCUT2D eigenvalue weighted by Gasteiger charge is 2.32. The molecule has 1 aromatic heterocycles. The van der Waals surface area contributed by atoms with E-state index in [2.05, 4.69) is 49.4 Å². The Morgan fingerprint density at radius 2 is 2.12 bits per heavy atom. The van der Waals surface area contributed by atoms with Crippen LogP contribution in [0.15, 0.2) is 12.4 Å². The third-order valence-corrected chi connectivity index (χ3v) is 3.84. The third kappa shape index (κ3) is 2.62. The summed E-state index contributed by atoms with van der Waals surface area (Å²) in [5.41, 5.74) is 1.32. The molecule has 90 valence electrons. The fourth-order valence-corrected chi connectivity index (χ4v) is 2.62. The summed E-state index contributed by atoms with van der Waals surface area (Å²) in [4.78, 5) is 0. The smallest absolute Gasteiger partial charge is 0.0524 e. The van der Waals surface area contributed by atoms with Crippen LogP contribution in [0, 0.1) is 11.8 Å². The molecule has 3 heteroatoms. The first kappa shape index (κ1) is 12.0. The molecule has 1 heterocycles. The number of thiol groups is 1. The van der Waals surface area contributed by atoms with E-state index in [1.807, 2.05) is 6.20 Å². The molecule has 0 N–H and O–H groups in total. The van der Waals surface area contributed by atoms with Crippen LogP contribution < -0.4 is 0 Å². The molecule has 16 heavy (non-hydrogen) atoms. The molecule has 0 amide bonds. The molecule has 0 saturated heterocycles. The van der Waals surface area contributed by atoms with E-state index in [-0.39, 0.29) is 0 Å². The summed E-state index contributed by atoms with van der Waals surface area (Å²) in [6.07, 6.45) is 7.82. The fourth-order valence-electron chi connectivity index (χ4n) is 2.41. The number of aromatic nitrogens is 2. The summed E-state index contributed by atoms with van der Waals surface area (Å²) in [5, 5.41) is 4.89. The zero-order chi connectivity index (χ0) is 11.7. The van der Waals surface area contributed by atoms with Gasteiger partial charge in [0, 0.05) is 11.4 Å². The molecule has 1 aliphatic rings. The Bertz CT molecular complexity index is 337. The van der Waals surface area contributed by atoms with Gasteiger partial charge in [0.1, 0.15) is 0 Å². The van der Waals surface area contributed by atoms with Gasteiger partial charge in [0.25, 0.3) is 0 Å². The van der Waals surface area contributed by atoms with Crippen LogP contribution in [-0.4, -0.2) is 15.0 Å². The maximum Gasteiger partial charge on any atom is 0.0524 e. The summed E-state index contributed by atoms with van der Waals surface area (Å²) in [5.74, 6) is 1.73. The van der Waals surface area contributed by atoms with Crippen LogP contribution in [0.25, 0.3) is 0 Å². The summed E-state index contributed by atoms with van der Waals surface area (Å²) < 4.78 is 2.16. The Labute approximate surface area is 104 Å². The average molecular weight is 238 g/mol. The van der Waals surface area contributed by atoms with E-state index in [4.69, 9.17) is 0 Å². The maximum atomic E-state index is 4.47. The Kier molecular flexibility index (Phi) is 3.63. The van der Waals surface area contributed by atoms with E-state index < -0.39 is 0 Å². The molecule has 0 bridgehead atoms. The van der Waals surface area contributed by atoms with E-state index in [1.54, 1.807) is 0 Å². The minimum atomic E-state index is 0.419. The Hall–Kier alpha value is -0.440. The van der Waals surface area contributed by atoms with Crippen molar-refractivity contribution in [3.63, 3.8) is 0 Å². The van der Waals surface area contributed by atoms with Gasteiger partial charge in [0.15, 0.2) is 0 Å². The van der Waals surface area contributed by atoms with Crippen LogP contribution in [0.4, 0.5) is 0 Å². The second kappa shape index (κ2) is 4.82. The van der Waals surface area contributed by atoms with Gasteiger partial charge < -0.3 is 0 Å². The van der Waals surface area contributed by atoms with Crippen molar-refractivity contribution in [2.24, 2.45) is 11.8 Å². The topological polar surface area (TPSA) is 17.8 Å². The van der Waals surface area contributed by atoms with Crippen LogP contribution in [0.1, 0.15) is 45.2 Å². The van der Waals surface area contributed by atoms with Crippen LogP contribution in [0.2, 0.25) is 0 Å². The second-order valence-electron chi connectivity index (χ2n) is 5.51. The van der Waals surface area contributed by atoms with Crippen molar-refractivity contribution in [1.29, 1.82) is 0 Å². The molecule has 2 rings (SSSR count). The molecule has 1 unspecified atom stereocenters. The molecule has 0 aromatic carbocycles. The Balaban J connectivity index is 1.89. The normalized spacial score (nSPS) is 26.8. The number of nitrogens with zero attached hydrogens (tertiary/aromatic N) is 2. The van der Waals surface area contributed by atoms with Crippen molar-refractivity contribution in [2.75, 3.05) is 0 Å². The SMILES string of the molecule is CC(S)Cc1cnn(C2CC(C(C)C)C2)c1. The summed E-state index contributed by atoms with van der Waals surface area (Å²) in [6.45, 7) is 6.76. The number of hydrogen-bond donors (Lipinski definition) is 1. The van der Waals surface area contributed by atoms with E-state index in [9.17, 15) is 0 Å². The van der Waals surface area contributed by atoms with E-state index >= 15 is 0 Å². The van der Waals surface area contributed by atoms with Gasteiger partial charge in [-0.2, -0.15) is 17.7 Å². The zero-order valence-electron chi connectivity index (χ0n) is 10.4. The molecule has 1 aromatic rings. The van der Waals surface area contributed by atoms with Crippen molar-refractivity contribution < 1.29 is 0 Å².